The highest BCUT2D eigenvalue weighted by atomic mass is 16.6. The van der Waals surface area contributed by atoms with Gasteiger partial charge in [-0.3, -0.25) is 4.90 Å². The van der Waals surface area contributed by atoms with Crippen LogP contribution in [0.15, 0.2) is 36.9 Å². The van der Waals surface area contributed by atoms with E-state index in [0.29, 0.717) is 13.2 Å². The maximum absolute atomic E-state index is 11.9. The molecule has 0 aliphatic carbocycles. The molecule has 1 fully saturated rings. The molecule has 0 N–H and O–H groups in total. The van der Waals surface area contributed by atoms with Crippen molar-refractivity contribution in [3.63, 3.8) is 0 Å². The van der Waals surface area contributed by atoms with Crippen molar-refractivity contribution < 1.29 is 19.0 Å². The number of amides is 1. The van der Waals surface area contributed by atoms with Gasteiger partial charge in [0.1, 0.15) is 12.4 Å². The van der Waals surface area contributed by atoms with Crippen LogP contribution in [0.3, 0.4) is 0 Å². The number of carbonyl (C=O) groups excluding carboxylic acids is 1. The molecule has 1 atom stereocenters. The summed E-state index contributed by atoms with van der Waals surface area (Å²) in [7, 11) is 1.61. The smallest absolute Gasteiger partial charge is 0.412 e. The van der Waals surface area contributed by atoms with Crippen LogP contribution in [-0.4, -0.2) is 37.9 Å². The second-order valence-electron chi connectivity index (χ2n) is 4.06. The van der Waals surface area contributed by atoms with Crippen molar-refractivity contribution in [1.29, 1.82) is 0 Å². The van der Waals surface area contributed by atoms with Gasteiger partial charge in [-0.15, -0.1) is 0 Å². The number of ether oxygens (including phenoxy) is 3. The molecule has 0 spiro atoms. The van der Waals surface area contributed by atoms with Crippen LogP contribution in [0.2, 0.25) is 0 Å². The molecule has 1 amide bonds. The lowest BCUT2D eigenvalue weighted by atomic mass is 10.2. The van der Waals surface area contributed by atoms with E-state index in [2.05, 4.69) is 6.58 Å². The average molecular weight is 263 g/mol. The Morgan fingerprint density at radius 2 is 2.26 bits per heavy atom. The maximum Gasteiger partial charge on any atom is 0.412 e. The lowest BCUT2D eigenvalue weighted by Crippen LogP contribution is -2.31. The number of carbonyl (C=O) groups is 1. The summed E-state index contributed by atoms with van der Waals surface area (Å²) in [6, 6.07) is 7.43. The Kier molecular flexibility index (Phi) is 4.41. The first-order valence-corrected chi connectivity index (χ1v) is 6.06. The van der Waals surface area contributed by atoms with Crippen molar-refractivity contribution >= 4 is 6.09 Å². The Bertz CT molecular complexity index is 443. The van der Waals surface area contributed by atoms with Gasteiger partial charge in [0.25, 0.3) is 0 Å². The molecule has 102 valence electrons. The molecule has 2 rings (SSSR count). The molecule has 0 radical (unpaired) electrons. The van der Waals surface area contributed by atoms with Crippen molar-refractivity contribution in [2.45, 2.75) is 6.23 Å². The van der Waals surface area contributed by atoms with Crippen LogP contribution >= 0.6 is 0 Å². The first-order chi connectivity index (χ1) is 9.26. The van der Waals surface area contributed by atoms with E-state index in [1.807, 2.05) is 24.3 Å². The Morgan fingerprint density at radius 1 is 1.53 bits per heavy atom. The zero-order valence-corrected chi connectivity index (χ0v) is 10.9. The highest BCUT2D eigenvalue weighted by Gasteiger charge is 2.31. The first kappa shape index (κ1) is 13.4. The van der Waals surface area contributed by atoms with E-state index < -0.39 is 12.3 Å². The Morgan fingerprint density at radius 3 is 2.89 bits per heavy atom. The van der Waals surface area contributed by atoms with E-state index >= 15 is 0 Å². The topological polar surface area (TPSA) is 48.0 Å². The van der Waals surface area contributed by atoms with Crippen LogP contribution in [0.5, 0.6) is 5.75 Å². The predicted octanol–water partition coefficient (Wildman–Crippen LogP) is 2.35. The van der Waals surface area contributed by atoms with E-state index in [4.69, 9.17) is 14.2 Å². The summed E-state index contributed by atoms with van der Waals surface area (Å²) in [5.74, 6) is 0.766. The molecular formula is C14H17NO4. The third kappa shape index (κ3) is 3.06. The number of rotatable bonds is 4. The summed E-state index contributed by atoms with van der Waals surface area (Å²) >= 11 is 0. The summed E-state index contributed by atoms with van der Waals surface area (Å²) in [5, 5.41) is 0. The molecule has 0 aromatic heterocycles. The monoisotopic (exact) mass is 263 g/mol. The van der Waals surface area contributed by atoms with Crippen molar-refractivity contribution in [2.75, 3.05) is 26.9 Å². The molecule has 5 nitrogen and oxygen atoms in total. The largest absolute Gasteiger partial charge is 0.497 e. The molecule has 1 heterocycles. The van der Waals surface area contributed by atoms with Crippen LogP contribution in [-0.2, 0) is 9.47 Å². The zero-order chi connectivity index (χ0) is 13.7. The van der Waals surface area contributed by atoms with Gasteiger partial charge in [-0.1, -0.05) is 24.8 Å². The lowest BCUT2D eigenvalue weighted by molar-refractivity contribution is 0.0262. The third-order valence-electron chi connectivity index (χ3n) is 2.85. The average Bonchev–Trinajstić information content (AvgIpc) is 2.94. The fourth-order valence-electron chi connectivity index (χ4n) is 1.91. The van der Waals surface area contributed by atoms with Gasteiger partial charge >= 0.3 is 6.09 Å². The normalized spacial score (nSPS) is 18.2. The van der Waals surface area contributed by atoms with Gasteiger partial charge in [-0.2, -0.15) is 0 Å². The number of benzene rings is 1. The SMILES string of the molecule is C=CCOC(=O)N1CCOC1c1ccc(OC)cc1. The Hall–Kier alpha value is -2.01. The predicted molar refractivity (Wildman–Crippen MR) is 69.9 cm³/mol. The highest BCUT2D eigenvalue weighted by molar-refractivity contribution is 5.68. The second-order valence-corrected chi connectivity index (χ2v) is 4.06. The zero-order valence-electron chi connectivity index (χ0n) is 10.9. The Labute approximate surface area is 112 Å². The van der Waals surface area contributed by atoms with Gasteiger partial charge in [-0.05, 0) is 12.1 Å². The molecule has 1 aliphatic heterocycles. The minimum atomic E-state index is -0.400. The van der Waals surface area contributed by atoms with Crippen LogP contribution in [0, 0.1) is 0 Å². The molecule has 0 saturated carbocycles. The van der Waals surface area contributed by atoms with E-state index in [1.165, 1.54) is 6.08 Å². The standard InChI is InChI=1S/C14H17NO4/c1-3-9-19-14(16)15-8-10-18-13(15)11-4-6-12(17-2)7-5-11/h3-7,13H,1,8-10H2,2H3. The maximum atomic E-state index is 11.9. The van der Waals surface area contributed by atoms with E-state index in [1.54, 1.807) is 12.0 Å². The Balaban J connectivity index is 2.08. The molecule has 19 heavy (non-hydrogen) atoms. The molecule has 1 aromatic rings. The van der Waals surface area contributed by atoms with Crippen LogP contribution in [0.25, 0.3) is 0 Å². The van der Waals surface area contributed by atoms with Gasteiger partial charge in [0.05, 0.1) is 20.3 Å². The van der Waals surface area contributed by atoms with Crippen molar-refractivity contribution in [3.05, 3.63) is 42.5 Å². The molecule has 1 aliphatic rings. The molecule has 0 bridgehead atoms. The van der Waals surface area contributed by atoms with Crippen molar-refractivity contribution in [1.82, 2.24) is 4.90 Å². The summed E-state index contributed by atoms with van der Waals surface area (Å²) in [6.07, 6.45) is 0.749. The highest BCUT2D eigenvalue weighted by Crippen LogP contribution is 2.28. The van der Waals surface area contributed by atoms with Gasteiger partial charge in [-0.25, -0.2) is 4.79 Å². The third-order valence-corrected chi connectivity index (χ3v) is 2.85. The number of methoxy groups -OCH3 is 1. The summed E-state index contributed by atoms with van der Waals surface area (Å²) in [6.45, 7) is 4.73. The van der Waals surface area contributed by atoms with Gasteiger partial charge < -0.3 is 14.2 Å². The van der Waals surface area contributed by atoms with Gasteiger partial charge in [0, 0.05) is 5.56 Å². The quantitative estimate of drug-likeness (QED) is 0.782. The second kappa shape index (κ2) is 6.24. The first-order valence-electron chi connectivity index (χ1n) is 6.06. The minimum Gasteiger partial charge on any atom is -0.497 e. The minimum absolute atomic E-state index is 0.199. The van der Waals surface area contributed by atoms with E-state index in [-0.39, 0.29) is 6.61 Å². The van der Waals surface area contributed by atoms with E-state index in [9.17, 15) is 4.79 Å². The van der Waals surface area contributed by atoms with Crippen LogP contribution in [0.1, 0.15) is 11.8 Å². The summed E-state index contributed by atoms with van der Waals surface area (Å²) in [5.41, 5.74) is 0.897. The van der Waals surface area contributed by atoms with Crippen LogP contribution in [0.4, 0.5) is 4.79 Å². The molecule has 5 heteroatoms. The summed E-state index contributed by atoms with van der Waals surface area (Å²) in [4.78, 5) is 13.4. The fourth-order valence-corrected chi connectivity index (χ4v) is 1.91. The fraction of sp³-hybridized carbons (Fsp3) is 0.357. The number of nitrogens with zero attached hydrogens (tertiary/aromatic N) is 1. The summed E-state index contributed by atoms with van der Waals surface area (Å²) < 4.78 is 15.7. The van der Waals surface area contributed by atoms with E-state index in [0.717, 1.165) is 11.3 Å². The number of hydrogen-bond donors (Lipinski definition) is 0. The number of hydrogen-bond acceptors (Lipinski definition) is 4. The molecule has 1 unspecified atom stereocenters. The molecule has 1 aromatic carbocycles. The van der Waals surface area contributed by atoms with Gasteiger partial charge in [0.2, 0.25) is 0 Å². The lowest BCUT2D eigenvalue weighted by Gasteiger charge is -2.22. The molecule has 1 saturated heterocycles. The molecular weight excluding hydrogens is 246 g/mol. The van der Waals surface area contributed by atoms with Gasteiger partial charge in [0.15, 0.2) is 6.23 Å². The van der Waals surface area contributed by atoms with Crippen molar-refractivity contribution in [3.8, 4) is 5.75 Å². The van der Waals surface area contributed by atoms with Crippen LogP contribution < -0.4 is 4.74 Å². The van der Waals surface area contributed by atoms with Crippen molar-refractivity contribution in [2.24, 2.45) is 0 Å².